The van der Waals surface area contributed by atoms with Crippen LogP contribution in [-0.4, -0.2) is 40.2 Å². The third-order valence-corrected chi connectivity index (χ3v) is 3.49. The summed E-state index contributed by atoms with van der Waals surface area (Å²) in [6.45, 7) is 4.31. The number of carbonyl (C=O) groups is 1. The van der Waals surface area contributed by atoms with E-state index in [1.165, 1.54) is 23.6 Å². The van der Waals surface area contributed by atoms with Crippen molar-refractivity contribution in [3.05, 3.63) is 22.6 Å². The molecular weight excluding hydrogens is 256 g/mol. The summed E-state index contributed by atoms with van der Waals surface area (Å²) in [6.07, 6.45) is 6.04. The van der Waals surface area contributed by atoms with E-state index in [1.807, 2.05) is 11.8 Å². The molecule has 2 heterocycles. The van der Waals surface area contributed by atoms with Gasteiger partial charge in [-0.2, -0.15) is 5.10 Å². The van der Waals surface area contributed by atoms with E-state index in [2.05, 4.69) is 10.4 Å². The Hall–Kier alpha value is -1.85. The fourth-order valence-corrected chi connectivity index (χ4v) is 2.40. The summed E-state index contributed by atoms with van der Waals surface area (Å²) in [4.78, 5) is 25.9. The Labute approximate surface area is 118 Å². The number of nitrogens with one attached hydrogen (secondary N) is 1. The third kappa shape index (κ3) is 3.82. The molecule has 6 nitrogen and oxygen atoms in total. The summed E-state index contributed by atoms with van der Waals surface area (Å²) in [6, 6.07) is 1.48. The smallest absolute Gasteiger partial charge is 0.269 e. The predicted molar refractivity (Wildman–Crippen MR) is 77.7 cm³/mol. The molecule has 110 valence electrons. The number of hydrogen-bond donors (Lipinski definition) is 1. The van der Waals surface area contributed by atoms with Crippen molar-refractivity contribution < 1.29 is 4.79 Å². The highest BCUT2D eigenvalue weighted by Gasteiger charge is 2.16. The van der Waals surface area contributed by atoms with Crippen molar-refractivity contribution in [1.29, 1.82) is 0 Å². The minimum absolute atomic E-state index is 0.0160. The van der Waals surface area contributed by atoms with Crippen LogP contribution in [-0.2, 0) is 11.3 Å². The van der Waals surface area contributed by atoms with E-state index in [0.29, 0.717) is 5.69 Å². The lowest BCUT2D eigenvalue weighted by molar-refractivity contribution is -0.132. The molecule has 0 aromatic carbocycles. The monoisotopic (exact) mass is 278 g/mol. The third-order valence-electron chi connectivity index (χ3n) is 3.49. The quantitative estimate of drug-likeness (QED) is 0.895. The van der Waals surface area contributed by atoms with E-state index in [1.54, 1.807) is 6.20 Å². The average Bonchev–Trinajstić information content (AvgIpc) is 2.71. The highest BCUT2D eigenvalue weighted by atomic mass is 16.2. The Morgan fingerprint density at radius 1 is 1.30 bits per heavy atom. The predicted octanol–water partition coefficient (Wildman–Crippen LogP) is 1.08. The van der Waals surface area contributed by atoms with Gasteiger partial charge < -0.3 is 10.2 Å². The molecule has 0 aliphatic carbocycles. The number of rotatable bonds is 4. The second-order valence-electron chi connectivity index (χ2n) is 5.07. The molecule has 6 heteroatoms. The molecule has 20 heavy (non-hydrogen) atoms. The standard InChI is InChI=1S/C14H22N4O2/c1-2-15-12-9-13(19)18(16-10-12)11-14(20)17-7-5-3-4-6-8-17/h9-10,15H,2-8,11H2,1H3. The number of amides is 1. The molecule has 1 N–H and O–H groups in total. The van der Waals surface area contributed by atoms with Crippen LogP contribution in [0.1, 0.15) is 32.6 Å². The fraction of sp³-hybridized carbons (Fsp3) is 0.643. The lowest BCUT2D eigenvalue weighted by atomic mass is 10.2. The molecule has 1 aliphatic heterocycles. The van der Waals surface area contributed by atoms with Crippen molar-refractivity contribution in [2.24, 2.45) is 0 Å². The van der Waals surface area contributed by atoms with Gasteiger partial charge >= 0.3 is 0 Å². The van der Waals surface area contributed by atoms with Crippen LogP contribution in [0.2, 0.25) is 0 Å². The molecule has 1 saturated heterocycles. The van der Waals surface area contributed by atoms with Crippen molar-refractivity contribution >= 4 is 11.6 Å². The molecule has 1 aromatic heterocycles. The maximum Gasteiger partial charge on any atom is 0.269 e. The van der Waals surface area contributed by atoms with Crippen LogP contribution in [0.4, 0.5) is 5.69 Å². The molecular formula is C14H22N4O2. The van der Waals surface area contributed by atoms with Gasteiger partial charge in [-0.15, -0.1) is 0 Å². The molecule has 0 radical (unpaired) electrons. The highest BCUT2D eigenvalue weighted by molar-refractivity contribution is 5.75. The summed E-state index contributed by atoms with van der Waals surface area (Å²) in [7, 11) is 0. The molecule has 0 spiro atoms. The van der Waals surface area contributed by atoms with Gasteiger partial charge in [0.2, 0.25) is 5.91 Å². The molecule has 0 saturated carbocycles. The second kappa shape index (κ2) is 7.07. The van der Waals surface area contributed by atoms with E-state index in [9.17, 15) is 9.59 Å². The van der Waals surface area contributed by atoms with Crippen LogP contribution in [0.5, 0.6) is 0 Å². The average molecular weight is 278 g/mol. The van der Waals surface area contributed by atoms with E-state index in [0.717, 1.165) is 32.5 Å². The normalized spacial score (nSPS) is 15.8. The maximum atomic E-state index is 12.2. The van der Waals surface area contributed by atoms with Gasteiger partial charge in [0.15, 0.2) is 0 Å². The summed E-state index contributed by atoms with van der Waals surface area (Å²) in [5.41, 5.74) is 0.447. The van der Waals surface area contributed by atoms with Crippen LogP contribution < -0.4 is 10.9 Å². The molecule has 0 unspecified atom stereocenters. The highest BCUT2D eigenvalue weighted by Crippen LogP contribution is 2.10. The van der Waals surface area contributed by atoms with Crippen LogP contribution in [0.15, 0.2) is 17.1 Å². The van der Waals surface area contributed by atoms with Crippen LogP contribution in [0.25, 0.3) is 0 Å². The van der Waals surface area contributed by atoms with Crippen molar-refractivity contribution in [2.75, 3.05) is 25.0 Å². The number of likely N-dealkylation sites (tertiary alicyclic amines) is 1. The van der Waals surface area contributed by atoms with E-state index in [-0.39, 0.29) is 18.0 Å². The number of nitrogens with zero attached hydrogens (tertiary/aromatic N) is 3. The Kier molecular flexibility index (Phi) is 5.15. The molecule has 0 bridgehead atoms. The van der Waals surface area contributed by atoms with Crippen LogP contribution >= 0.6 is 0 Å². The maximum absolute atomic E-state index is 12.2. The van der Waals surface area contributed by atoms with Crippen molar-refractivity contribution in [3.8, 4) is 0 Å². The lowest BCUT2D eigenvalue weighted by Crippen LogP contribution is -2.37. The summed E-state index contributed by atoms with van der Waals surface area (Å²) >= 11 is 0. The van der Waals surface area contributed by atoms with Gasteiger partial charge in [0.1, 0.15) is 6.54 Å². The molecule has 1 amide bonds. The molecule has 0 atom stereocenters. The zero-order chi connectivity index (χ0) is 14.4. The zero-order valence-corrected chi connectivity index (χ0v) is 12.0. The van der Waals surface area contributed by atoms with E-state index in [4.69, 9.17) is 0 Å². The van der Waals surface area contributed by atoms with Crippen molar-refractivity contribution in [1.82, 2.24) is 14.7 Å². The van der Waals surface area contributed by atoms with Gasteiger partial charge in [-0.1, -0.05) is 12.8 Å². The number of carbonyl (C=O) groups excluding carboxylic acids is 1. The Morgan fingerprint density at radius 3 is 2.60 bits per heavy atom. The number of aromatic nitrogens is 2. The minimum atomic E-state index is -0.244. The largest absolute Gasteiger partial charge is 0.384 e. The SMILES string of the molecule is CCNc1cnn(CC(=O)N2CCCCCC2)c(=O)c1. The first-order valence-corrected chi connectivity index (χ1v) is 7.29. The molecule has 1 aromatic rings. The van der Waals surface area contributed by atoms with Crippen LogP contribution in [0, 0.1) is 0 Å². The minimum Gasteiger partial charge on any atom is -0.384 e. The Balaban J connectivity index is 2.01. The molecule has 2 rings (SSSR count). The van der Waals surface area contributed by atoms with Crippen LogP contribution in [0.3, 0.4) is 0 Å². The van der Waals surface area contributed by atoms with Crippen molar-refractivity contribution in [2.45, 2.75) is 39.2 Å². The Bertz CT molecular complexity index is 504. The van der Waals surface area contributed by atoms with Gasteiger partial charge in [0.05, 0.1) is 11.9 Å². The first-order valence-electron chi connectivity index (χ1n) is 7.29. The van der Waals surface area contributed by atoms with E-state index >= 15 is 0 Å². The lowest BCUT2D eigenvalue weighted by Gasteiger charge is -2.20. The Morgan fingerprint density at radius 2 is 2.00 bits per heavy atom. The van der Waals surface area contributed by atoms with Gasteiger partial charge in [0, 0.05) is 25.7 Å². The summed E-state index contributed by atoms with van der Waals surface area (Å²) < 4.78 is 1.23. The number of hydrogen-bond acceptors (Lipinski definition) is 4. The van der Waals surface area contributed by atoms with Gasteiger partial charge in [-0.05, 0) is 19.8 Å². The zero-order valence-electron chi connectivity index (χ0n) is 12.0. The summed E-state index contributed by atoms with van der Waals surface area (Å²) in [5, 5.41) is 7.08. The first kappa shape index (κ1) is 14.6. The topological polar surface area (TPSA) is 67.2 Å². The molecule has 1 fully saturated rings. The second-order valence-corrected chi connectivity index (χ2v) is 5.07. The van der Waals surface area contributed by atoms with Gasteiger partial charge in [-0.3, -0.25) is 9.59 Å². The first-order chi connectivity index (χ1) is 9.70. The van der Waals surface area contributed by atoms with Crippen molar-refractivity contribution in [3.63, 3.8) is 0 Å². The number of anilines is 1. The summed E-state index contributed by atoms with van der Waals surface area (Å²) in [5.74, 6) is -0.0160. The fourth-order valence-electron chi connectivity index (χ4n) is 2.40. The van der Waals surface area contributed by atoms with E-state index < -0.39 is 0 Å². The van der Waals surface area contributed by atoms with Gasteiger partial charge in [-0.25, -0.2) is 4.68 Å². The molecule has 1 aliphatic rings. The van der Waals surface area contributed by atoms with Gasteiger partial charge in [0.25, 0.3) is 5.56 Å².